The molecule has 2 amide bonds. The third kappa shape index (κ3) is 4.28. The van der Waals surface area contributed by atoms with Crippen LogP contribution in [-0.2, 0) is 9.59 Å². The summed E-state index contributed by atoms with van der Waals surface area (Å²) in [5, 5.41) is 0. The van der Waals surface area contributed by atoms with Gasteiger partial charge in [-0.15, -0.1) is 0 Å². The molecule has 3 heterocycles. The van der Waals surface area contributed by atoms with Gasteiger partial charge in [0.25, 0.3) is 0 Å². The fraction of sp³-hybridized carbons (Fsp3) is 0.714. The third-order valence-corrected chi connectivity index (χ3v) is 6.52. The molecular weight excluding hydrogens is 354 g/mol. The van der Waals surface area contributed by atoms with E-state index >= 15 is 0 Å². The summed E-state index contributed by atoms with van der Waals surface area (Å²) in [5.74, 6) is 1.57. The average Bonchev–Trinajstić information content (AvgIpc) is 2.79. The highest BCUT2D eigenvalue weighted by Crippen LogP contribution is 2.32. The van der Waals surface area contributed by atoms with Crippen molar-refractivity contribution in [2.45, 2.75) is 44.9 Å². The van der Waals surface area contributed by atoms with Crippen molar-refractivity contribution in [2.75, 3.05) is 44.2 Å². The maximum atomic E-state index is 13.0. The molecule has 1 aromatic heterocycles. The summed E-state index contributed by atoms with van der Waals surface area (Å²) in [6.45, 7) is 4.85. The van der Waals surface area contributed by atoms with Gasteiger partial charge in [0.2, 0.25) is 17.8 Å². The van der Waals surface area contributed by atoms with Crippen LogP contribution in [0, 0.1) is 11.8 Å². The molecule has 0 unspecified atom stereocenters. The van der Waals surface area contributed by atoms with Gasteiger partial charge in [0.15, 0.2) is 0 Å². The summed E-state index contributed by atoms with van der Waals surface area (Å²) in [5.41, 5.74) is 0. The molecule has 1 aromatic rings. The second kappa shape index (κ2) is 8.88. The first-order chi connectivity index (χ1) is 13.7. The molecule has 0 atom stereocenters. The van der Waals surface area contributed by atoms with Crippen LogP contribution in [0.3, 0.4) is 0 Å². The van der Waals surface area contributed by atoms with Gasteiger partial charge in [-0.3, -0.25) is 9.59 Å². The van der Waals surface area contributed by atoms with Crippen LogP contribution in [0.5, 0.6) is 0 Å². The van der Waals surface area contributed by atoms with Gasteiger partial charge < -0.3 is 14.7 Å². The summed E-state index contributed by atoms with van der Waals surface area (Å²) in [6, 6.07) is 1.82. The third-order valence-electron chi connectivity index (χ3n) is 6.52. The SMILES string of the molecule is O=C(C1CCC(C(=O)N2CCN(c3ncccn3)CC2)CC1)N1CCCCC1. The summed E-state index contributed by atoms with van der Waals surface area (Å²) >= 11 is 0. The van der Waals surface area contributed by atoms with Crippen LogP contribution < -0.4 is 4.90 Å². The molecule has 1 saturated carbocycles. The minimum absolute atomic E-state index is 0.0879. The number of aromatic nitrogens is 2. The van der Waals surface area contributed by atoms with E-state index in [1.165, 1.54) is 6.42 Å². The number of likely N-dealkylation sites (tertiary alicyclic amines) is 1. The zero-order chi connectivity index (χ0) is 19.3. The van der Waals surface area contributed by atoms with Gasteiger partial charge >= 0.3 is 0 Å². The Hall–Kier alpha value is -2.18. The van der Waals surface area contributed by atoms with E-state index in [2.05, 4.69) is 19.8 Å². The van der Waals surface area contributed by atoms with Crippen molar-refractivity contribution in [3.8, 4) is 0 Å². The minimum Gasteiger partial charge on any atom is -0.342 e. The number of carbonyl (C=O) groups excluding carboxylic acids is 2. The molecule has 2 saturated heterocycles. The maximum absolute atomic E-state index is 13.0. The van der Waals surface area contributed by atoms with Crippen molar-refractivity contribution in [1.29, 1.82) is 0 Å². The van der Waals surface area contributed by atoms with E-state index in [-0.39, 0.29) is 17.7 Å². The Morgan fingerprint density at radius 2 is 1.21 bits per heavy atom. The fourth-order valence-corrected chi connectivity index (χ4v) is 4.80. The van der Waals surface area contributed by atoms with Crippen molar-refractivity contribution in [2.24, 2.45) is 11.8 Å². The Morgan fingerprint density at radius 1 is 0.714 bits per heavy atom. The minimum atomic E-state index is 0.0879. The lowest BCUT2D eigenvalue weighted by molar-refractivity contribution is -0.142. The molecular formula is C21H31N5O2. The Balaban J connectivity index is 1.24. The quantitative estimate of drug-likeness (QED) is 0.795. The number of anilines is 1. The zero-order valence-electron chi connectivity index (χ0n) is 16.6. The molecule has 152 valence electrons. The van der Waals surface area contributed by atoms with Crippen molar-refractivity contribution in [1.82, 2.24) is 19.8 Å². The summed E-state index contributed by atoms with van der Waals surface area (Å²) in [6.07, 6.45) is 10.5. The molecule has 7 nitrogen and oxygen atoms in total. The van der Waals surface area contributed by atoms with Crippen LogP contribution >= 0.6 is 0 Å². The second-order valence-electron chi connectivity index (χ2n) is 8.30. The van der Waals surface area contributed by atoms with E-state index < -0.39 is 0 Å². The number of carbonyl (C=O) groups is 2. The molecule has 0 N–H and O–H groups in total. The summed E-state index contributed by atoms with van der Waals surface area (Å²) < 4.78 is 0. The predicted octanol–water partition coefficient (Wildman–Crippen LogP) is 1.94. The predicted molar refractivity (Wildman–Crippen MR) is 107 cm³/mol. The van der Waals surface area contributed by atoms with Crippen LogP contribution in [0.1, 0.15) is 44.9 Å². The van der Waals surface area contributed by atoms with E-state index in [1.54, 1.807) is 12.4 Å². The van der Waals surface area contributed by atoms with E-state index in [0.717, 1.165) is 83.7 Å². The van der Waals surface area contributed by atoms with Gasteiger partial charge in [0.1, 0.15) is 0 Å². The number of rotatable bonds is 3. The normalized spacial score (nSPS) is 26.2. The first-order valence-corrected chi connectivity index (χ1v) is 10.8. The van der Waals surface area contributed by atoms with E-state index in [9.17, 15) is 9.59 Å². The lowest BCUT2D eigenvalue weighted by atomic mass is 9.80. The Morgan fingerprint density at radius 3 is 1.75 bits per heavy atom. The van der Waals surface area contributed by atoms with Crippen molar-refractivity contribution in [3.63, 3.8) is 0 Å². The van der Waals surface area contributed by atoms with E-state index in [1.807, 2.05) is 11.0 Å². The molecule has 28 heavy (non-hydrogen) atoms. The number of nitrogens with zero attached hydrogens (tertiary/aromatic N) is 5. The average molecular weight is 386 g/mol. The molecule has 3 fully saturated rings. The van der Waals surface area contributed by atoms with Gasteiger partial charge in [0, 0.05) is 63.5 Å². The van der Waals surface area contributed by atoms with Gasteiger partial charge in [-0.25, -0.2) is 9.97 Å². The topological polar surface area (TPSA) is 69.6 Å². The number of hydrogen-bond acceptors (Lipinski definition) is 5. The number of amides is 2. The van der Waals surface area contributed by atoms with Crippen molar-refractivity contribution < 1.29 is 9.59 Å². The molecule has 2 aliphatic heterocycles. The van der Waals surface area contributed by atoms with Gasteiger partial charge in [0.05, 0.1) is 0 Å². The Labute approximate surface area is 167 Å². The molecule has 7 heteroatoms. The number of piperidine rings is 1. The van der Waals surface area contributed by atoms with Crippen LogP contribution in [0.4, 0.5) is 5.95 Å². The molecule has 0 radical (unpaired) electrons. The molecule has 4 rings (SSSR count). The highest BCUT2D eigenvalue weighted by atomic mass is 16.2. The van der Waals surface area contributed by atoms with Crippen LogP contribution in [0.25, 0.3) is 0 Å². The second-order valence-corrected chi connectivity index (χ2v) is 8.30. The first kappa shape index (κ1) is 19.2. The first-order valence-electron chi connectivity index (χ1n) is 10.8. The molecule has 0 bridgehead atoms. The lowest BCUT2D eigenvalue weighted by Gasteiger charge is -2.38. The van der Waals surface area contributed by atoms with E-state index in [4.69, 9.17) is 0 Å². The highest BCUT2D eigenvalue weighted by Gasteiger charge is 2.35. The smallest absolute Gasteiger partial charge is 0.225 e. The standard InChI is InChI=1S/C21H31N5O2/c27-19(24-11-2-1-3-12-24)17-5-7-18(8-6-17)20(28)25-13-15-26(16-14-25)21-22-9-4-10-23-21/h4,9-10,17-18H,1-3,5-8,11-16H2. The molecule has 1 aliphatic carbocycles. The molecule has 0 aromatic carbocycles. The highest BCUT2D eigenvalue weighted by molar-refractivity contribution is 5.81. The zero-order valence-corrected chi connectivity index (χ0v) is 16.6. The fourth-order valence-electron chi connectivity index (χ4n) is 4.80. The lowest BCUT2D eigenvalue weighted by Crippen LogP contribution is -2.51. The number of piperazine rings is 1. The van der Waals surface area contributed by atoms with E-state index in [0.29, 0.717) is 5.91 Å². The van der Waals surface area contributed by atoms with Crippen LogP contribution in [0.2, 0.25) is 0 Å². The van der Waals surface area contributed by atoms with Gasteiger partial charge in [-0.05, 0) is 51.0 Å². The molecule has 3 aliphatic rings. The molecule has 0 spiro atoms. The van der Waals surface area contributed by atoms with Crippen molar-refractivity contribution in [3.05, 3.63) is 18.5 Å². The van der Waals surface area contributed by atoms with Crippen LogP contribution in [-0.4, -0.2) is 70.9 Å². The van der Waals surface area contributed by atoms with Gasteiger partial charge in [-0.2, -0.15) is 0 Å². The van der Waals surface area contributed by atoms with Gasteiger partial charge in [-0.1, -0.05) is 0 Å². The summed E-state index contributed by atoms with van der Waals surface area (Å²) in [7, 11) is 0. The Kier molecular flexibility index (Phi) is 6.07. The summed E-state index contributed by atoms with van der Waals surface area (Å²) in [4.78, 5) is 40.5. The number of hydrogen-bond donors (Lipinski definition) is 0. The van der Waals surface area contributed by atoms with Crippen LogP contribution in [0.15, 0.2) is 18.5 Å². The maximum Gasteiger partial charge on any atom is 0.225 e. The monoisotopic (exact) mass is 385 g/mol. The van der Waals surface area contributed by atoms with Crippen molar-refractivity contribution >= 4 is 17.8 Å². The Bertz CT molecular complexity index is 661. The largest absolute Gasteiger partial charge is 0.342 e.